The largest absolute Gasteiger partial charge is 0.508 e. The monoisotopic (exact) mass is 336 g/mol. The normalized spacial score (nSPS) is 10.9. The maximum Gasteiger partial charge on any atom is 0.271 e. The van der Waals surface area contributed by atoms with Gasteiger partial charge in [0.1, 0.15) is 11.5 Å². The number of rotatable bonds is 5. The fraction of sp³-hybridized carbons (Fsp3) is 0.0556. The second kappa shape index (κ2) is 7.31. The van der Waals surface area contributed by atoms with Gasteiger partial charge in [-0.25, -0.2) is 5.43 Å². The number of hydrogen-bond acceptors (Lipinski definition) is 5. The third kappa shape index (κ3) is 4.23. The van der Waals surface area contributed by atoms with Gasteiger partial charge >= 0.3 is 0 Å². The van der Waals surface area contributed by atoms with E-state index in [0.717, 1.165) is 5.56 Å². The minimum atomic E-state index is -0.364. The van der Waals surface area contributed by atoms with Crippen LogP contribution in [-0.4, -0.2) is 32.1 Å². The molecule has 0 radical (unpaired) electrons. The number of amides is 1. The molecule has 25 heavy (non-hydrogen) atoms. The number of hydrazone groups is 1. The summed E-state index contributed by atoms with van der Waals surface area (Å²) in [6, 6.07) is 13.1. The van der Waals surface area contributed by atoms with Crippen LogP contribution in [0.15, 0.2) is 66.0 Å². The molecule has 1 heterocycles. The van der Waals surface area contributed by atoms with E-state index in [1.54, 1.807) is 29.1 Å². The summed E-state index contributed by atoms with van der Waals surface area (Å²) in [6.45, 7) is 0.568. The van der Waals surface area contributed by atoms with Crippen molar-refractivity contribution < 1.29 is 15.0 Å². The Bertz CT molecular complexity index is 904. The van der Waals surface area contributed by atoms with Gasteiger partial charge in [-0.3, -0.25) is 9.48 Å². The summed E-state index contributed by atoms with van der Waals surface area (Å²) in [5.41, 5.74) is 4.20. The van der Waals surface area contributed by atoms with Gasteiger partial charge in [0.25, 0.3) is 5.91 Å². The number of carbonyl (C=O) groups is 1. The van der Waals surface area contributed by atoms with Gasteiger partial charge in [0.05, 0.1) is 12.8 Å². The van der Waals surface area contributed by atoms with Gasteiger partial charge in [-0.1, -0.05) is 12.1 Å². The van der Waals surface area contributed by atoms with E-state index in [0.29, 0.717) is 17.7 Å². The summed E-state index contributed by atoms with van der Waals surface area (Å²) in [7, 11) is 0. The van der Waals surface area contributed by atoms with Crippen LogP contribution < -0.4 is 5.43 Å². The molecule has 2 aromatic carbocycles. The standard InChI is InChI=1S/C18H16N4O3/c23-16-6-5-15(17(24)10-16)11-19-21-18(25)14-4-1-3-13(9-14)12-22-8-2-7-20-22/h1-11,23-24H,12H2,(H,21,25)/b19-11+. The lowest BCUT2D eigenvalue weighted by atomic mass is 10.1. The van der Waals surface area contributed by atoms with Crippen LogP contribution in [0.5, 0.6) is 11.5 Å². The molecule has 3 rings (SSSR count). The van der Waals surface area contributed by atoms with E-state index in [1.807, 2.05) is 18.3 Å². The molecule has 1 aromatic heterocycles. The second-order valence-corrected chi connectivity index (χ2v) is 5.35. The molecule has 0 saturated carbocycles. The average molecular weight is 336 g/mol. The summed E-state index contributed by atoms with van der Waals surface area (Å²) in [5.74, 6) is -0.538. The first-order valence-electron chi connectivity index (χ1n) is 7.53. The number of phenols is 2. The summed E-state index contributed by atoms with van der Waals surface area (Å²) in [5, 5.41) is 26.9. The Balaban J connectivity index is 1.65. The van der Waals surface area contributed by atoms with Gasteiger partial charge in [-0.05, 0) is 35.9 Å². The molecule has 0 unspecified atom stereocenters. The Morgan fingerprint density at radius 1 is 1.20 bits per heavy atom. The minimum Gasteiger partial charge on any atom is -0.508 e. The number of benzene rings is 2. The molecule has 0 aliphatic carbocycles. The molecular weight excluding hydrogens is 320 g/mol. The predicted molar refractivity (Wildman–Crippen MR) is 92.6 cm³/mol. The van der Waals surface area contributed by atoms with E-state index in [4.69, 9.17) is 0 Å². The number of phenolic OH excluding ortho intramolecular Hbond substituents is 2. The van der Waals surface area contributed by atoms with Crippen LogP contribution in [0, 0.1) is 0 Å². The molecule has 0 fully saturated rings. The van der Waals surface area contributed by atoms with Crippen molar-refractivity contribution >= 4 is 12.1 Å². The summed E-state index contributed by atoms with van der Waals surface area (Å²) < 4.78 is 1.77. The van der Waals surface area contributed by atoms with Crippen molar-refractivity contribution in [1.29, 1.82) is 0 Å². The molecule has 7 heteroatoms. The molecule has 0 spiro atoms. The fourth-order valence-electron chi connectivity index (χ4n) is 2.26. The van der Waals surface area contributed by atoms with Crippen LogP contribution in [-0.2, 0) is 6.54 Å². The number of hydrogen-bond donors (Lipinski definition) is 3. The maximum atomic E-state index is 12.2. The second-order valence-electron chi connectivity index (χ2n) is 5.35. The molecule has 0 saturated heterocycles. The van der Waals surface area contributed by atoms with Crippen LogP contribution >= 0.6 is 0 Å². The van der Waals surface area contributed by atoms with Crippen LogP contribution in [0.25, 0.3) is 0 Å². The van der Waals surface area contributed by atoms with Crippen molar-refractivity contribution in [3.63, 3.8) is 0 Å². The predicted octanol–water partition coefficient (Wildman–Crippen LogP) is 2.11. The molecule has 7 nitrogen and oxygen atoms in total. The van der Waals surface area contributed by atoms with Gasteiger partial charge in [0.2, 0.25) is 0 Å². The lowest BCUT2D eigenvalue weighted by molar-refractivity contribution is 0.0955. The van der Waals surface area contributed by atoms with Gasteiger partial charge < -0.3 is 10.2 Å². The molecule has 0 atom stereocenters. The van der Waals surface area contributed by atoms with E-state index in [2.05, 4.69) is 15.6 Å². The van der Waals surface area contributed by atoms with Crippen LogP contribution in [0.1, 0.15) is 21.5 Å². The Labute approximate surface area is 143 Å². The van der Waals surface area contributed by atoms with E-state index in [9.17, 15) is 15.0 Å². The molecular formula is C18H16N4O3. The van der Waals surface area contributed by atoms with Crippen LogP contribution in [0.3, 0.4) is 0 Å². The molecule has 0 aliphatic rings. The van der Waals surface area contributed by atoms with Crippen LogP contribution in [0.2, 0.25) is 0 Å². The smallest absolute Gasteiger partial charge is 0.271 e. The van der Waals surface area contributed by atoms with Gasteiger partial charge in [-0.2, -0.15) is 10.2 Å². The summed E-state index contributed by atoms with van der Waals surface area (Å²) in [6.07, 6.45) is 4.85. The SMILES string of the molecule is O=C(N/N=C/c1ccc(O)cc1O)c1cccc(Cn2cccn2)c1. The summed E-state index contributed by atoms with van der Waals surface area (Å²) in [4.78, 5) is 12.2. The molecule has 1 amide bonds. The number of aromatic hydroxyl groups is 2. The first-order valence-corrected chi connectivity index (χ1v) is 7.53. The maximum absolute atomic E-state index is 12.2. The zero-order valence-electron chi connectivity index (χ0n) is 13.2. The van der Waals surface area contributed by atoms with Crippen molar-refractivity contribution in [2.24, 2.45) is 5.10 Å². The third-order valence-electron chi connectivity index (χ3n) is 3.48. The van der Waals surface area contributed by atoms with E-state index in [1.165, 1.54) is 24.4 Å². The van der Waals surface area contributed by atoms with Crippen molar-refractivity contribution in [2.45, 2.75) is 6.54 Å². The number of carbonyl (C=O) groups excluding carboxylic acids is 1. The van der Waals surface area contributed by atoms with Gasteiger partial charge in [-0.15, -0.1) is 0 Å². The first kappa shape index (κ1) is 16.3. The zero-order valence-corrected chi connectivity index (χ0v) is 13.2. The topological polar surface area (TPSA) is 99.7 Å². The van der Waals surface area contributed by atoms with Crippen LogP contribution in [0.4, 0.5) is 0 Å². The number of aromatic nitrogens is 2. The van der Waals surface area contributed by atoms with E-state index in [-0.39, 0.29) is 17.4 Å². The van der Waals surface area contributed by atoms with Crippen molar-refractivity contribution in [3.05, 3.63) is 77.6 Å². The number of nitrogens with zero attached hydrogens (tertiary/aromatic N) is 3. The third-order valence-corrected chi connectivity index (χ3v) is 3.48. The van der Waals surface area contributed by atoms with Gasteiger partial charge in [0.15, 0.2) is 0 Å². The van der Waals surface area contributed by atoms with Gasteiger partial charge in [0, 0.05) is 29.6 Å². The lowest BCUT2D eigenvalue weighted by Gasteiger charge is -2.05. The highest BCUT2D eigenvalue weighted by molar-refractivity contribution is 5.95. The Morgan fingerprint density at radius 2 is 2.08 bits per heavy atom. The Hall–Kier alpha value is -3.61. The first-order chi connectivity index (χ1) is 12.1. The van der Waals surface area contributed by atoms with E-state index < -0.39 is 0 Å². The quantitative estimate of drug-likeness (QED) is 0.491. The molecule has 0 aliphatic heterocycles. The zero-order chi connectivity index (χ0) is 17.6. The fourth-order valence-corrected chi connectivity index (χ4v) is 2.26. The van der Waals surface area contributed by atoms with E-state index >= 15 is 0 Å². The highest BCUT2D eigenvalue weighted by Gasteiger charge is 2.06. The highest BCUT2D eigenvalue weighted by atomic mass is 16.3. The van der Waals surface area contributed by atoms with Crippen molar-refractivity contribution in [1.82, 2.24) is 15.2 Å². The minimum absolute atomic E-state index is 0.0484. The molecule has 126 valence electrons. The number of nitrogens with one attached hydrogen (secondary N) is 1. The Morgan fingerprint density at radius 3 is 2.84 bits per heavy atom. The summed E-state index contributed by atoms with van der Waals surface area (Å²) >= 11 is 0. The van der Waals surface area contributed by atoms with Crippen molar-refractivity contribution in [3.8, 4) is 11.5 Å². The molecule has 3 N–H and O–H groups in total. The molecule has 0 bridgehead atoms. The average Bonchev–Trinajstić information content (AvgIpc) is 3.10. The Kier molecular flexibility index (Phi) is 4.75. The van der Waals surface area contributed by atoms with Crippen molar-refractivity contribution in [2.75, 3.05) is 0 Å². The lowest BCUT2D eigenvalue weighted by Crippen LogP contribution is -2.18. The highest BCUT2D eigenvalue weighted by Crippen LogP contribution is 2.20. The molecule has 3 aromatic rings.